The first-order valence-electron chi connectivity index (χ1n) is 11.2. The fourth-order valence-corrected chi connectivity index (χ4v) is 3.70. The van der Waals surface area contributed by atoms with Crippen molar-refractivity contribution < 1.29 is 22.7 Å². The molecule has 2 heterocycles. The fraction of sp³-hybridized carbons (Fsp3) is 0.192. The molecule has 0 saturated heterocycles. The molecule has 0 radical (unpaired) electrons. The molecule has 0 fully saturated rings. The van der Waals surface area contributed by atoms with Crippen LogP contribution in [0.4, 0.5) is 13.2 Å². The number of nitrogens with two attached hydrogens (primary N) is 1. The Bertz CT molecular complexity index is 1390. The van der Waals surface area contributed by atoms with Crippen molar-refractivity contribution in [1.29, 1.82) is 0 Å². The molecular formula is C26H23F3N6O2. The number of carbonyl (C=O) groups excluding carboxylic acids is 1. The van der Waals surface area contributed by atoms with Crippen LogP contribution in [0.3, 0.4) is 0 Å². The van der Waals surface area contributed by atoms with Gasteiger partial charge in [0, 0.05) is 24.5 Å². The molecule has 190 valence electrons. The quantitative estimate of drug-likeness (QED) is 0.375. The standard InChI is InChI=1S/C26H23F3N6O2/c1-15(35-24(36)23-10-22(33-14-34-23)19-12-31-25(37-2)32-13-19)16-3-5-17(6-4-16)21-9-20(26(27,28)29)8-7-18(21)11-30/h3-10,12-15H,11,30H2,1-2H3,(H,35,36)/t15-/m1/s1. The van der Waals surface area contributed by atoms with E-state index in [-0.39, 0.29) is 18.2 Å². The van der Waals surface area contributed by atoms with E-state index in [4.69, 9.17) is 10.5 Å². The van der Waals surface area contributed by atoms with Crippen molar-refractivity contribution >= 4 is 5.91 Å². The number of amides is 1. The molecule has 4 aromatic rings. The lowest BCUT2D eigenvalue weighted by Gasteiger charge is -2.16. The number of ether oxygens (including phenoxy) is 1. The summed E-state index contributed by atoms with van der Waals surface area (Å²) in [6.07, 6.45) is -0.124. The maximum Gasteiger partial charge on any atom is 0.416 e. The fourth-order valence-electron chi connectivity index (χ4n) is 3.70. The van der Waals surface area contributed by atoms with Crippen LogP contribution in [0.2, 0.25) is 0 Å². The van der Waals surface area contributed by atoms with Gasteiger partial charge in [-0.1, -0.05) is 30.3 Å². The summed E-state index contributed by atoms with van der Waals surface area (Å²) in [5.74, 6) is -0.419. The molecule has 8 nitrogen and oxygen atoms in total. The molecule has 1 atom stereocenters. The minimum Gasteiger partial charge on any atom is -0.467 e. The molecule has 2 aromatic carbocycles. The van der Waals surface area contributed by atoms with Crippen LogP contribution in [0.5, 0.6) is 6.01 Å². The number of methoxy groups -OCH3 is 1. The molecule has 0 saturated carbocycles. The van der Waals surface area contributed by atoms with Crippen LogP contribution in [0.1, 0.15) is 40.1 Å². The van der Waals surface area contributed by atoms with Crippen molar-refractivity contribution in [2.24, 2.45) is 5.73 Å². The molecule has 4 rings (SSSR count). The van der Waals surface area contributed by atoms with E-state index in [0.717, 1.165) is 17.7 Å². The Hall–Kier alpha value is -4.38. The third-order valence-electron chi connectivity index (χ3n) is 5.73. The Morgan fingerprint density at radius 2 is 1.70 bits per heavy atom. The Kier molecular flexibility index (Phi) is 7.44. The lowest BCUT2D eigenvalue weighted by Crippen LogP contribution is -2.27. The Labute approximate surface area is 210 Å². The molecule has 2 aromatic heterocycles. The van der Waals surface area contributed by atoms with E-state index in [1.165, 1.54) is 38.0 Å². The van der Waals surface area contributed by atoms with Gasteiger partial charge in [0.15, 0.2) is 0 Å². The van der Waals surface area contributed by atoms with Crippen LogP contribution in [-0.4, -0.2) is 33.0 Å². The van der Waals surface area contributed by atoms with E-state index in [1.807, 2.05) is 0 Å². The van der Waals surface area contributed by atoms with Crippen LogP contribution >= 0.6 is 0 Å². The van der Waals surface area contributed by atoms with E-state index in [9.17, 15) is 18.0 Å². The first-order chi connectivity index (χ1) is 17.7. The van der Waals surface area contributed by atoms with Gasteiger partial charge < -0.3 is 15.8 Å². The minimum absolute atomic E-state index is 0.102. The zero-order valence-corrected chi connectivity index (χ0v) is 20.0. The summed E-state index contributed by atoms with van der Waals surface area (Å²) in [6, 6.07) is 11.8. The molecule has 11 heteroatoms. The normalized spacial score (nSPS) is 12.2. The lowest BCUT2D eigenvalue weighted by molar-refractivity contribution is -0.137. The Morgan fingerprint density at radius 1 is 1.00 bits per heavy atom. The number of nitrogens with zero attached hydrogens (tertiary/aromatic N) is 4. The highest BCUT2D eigenvalue weighted by molar-refractivity contribution is 5.93. The highest BCUT2D eigenvalue weighted by Gasteiger charge is 2.31. The molecule has 37 heavy (non-hydrogen) atoms. The lowest BCUT2D eigenvalue weighted by atomic mass is 9.95. The third kappa shape index (κ3) is 5.89. The van der Waals surface area contributed by atoms with Gasteiger partial charge in [-0.05, 0) is 47.4 Å². The predicted octanol–water partition coefficient (Wildman–Crippen LogP) is 4.58. The van der Waals surface area contributed by atoms with Crippen LogP contribution in [-0.2, 0) is 12.7 Å². The summed E-state index contributed by atoms with van der Waals surface area (Å²) in [5.41, 5.74) is 8.58. The number of rotatable bonds is 7. The molecule has 1 amide bonds. The highest BCUT2D eigenvalue weighted by atomic mass is 19.4. The van der Waals surface area contributed by atoms with Gasteiger partial charge in [0.2, 0.25) is 0 Å². The van der Waals surface area contributed by atoms with Gasteiger partial charge in [-0.15, -0.1) is 0 Å². The number of aromatic nitrogens is 4. The number of alkyl halides is 3. The van der Waals surface area contributed by atoms with Crippen molar-refractivity contribution in [3.8, 4) is 28.4 Å². The zero-order valence-electron chi connectivity index (χ0n) is 20.0. The summed E-state index contributed by atoms with van der Waals surface area (Å²) in [6.45, 7) is 1.90. The SMILES string of the molecule is COc1ncc(-c2cc(C(=O)N[C@H](C)c3ccc(-c4cc(C(F)(F)F)ccc4CN)cc3)ncn2)cn1. The Balaban J connectivity index is 1.50. The molecule has 0 aliphatic carbocycles. The van der Waals surface area contributed by atoms with E-state index in [1.54, 1.807) is 31.2 Å². The molecular weight excluding hydrogens is 485 g/mol. The molecule has 3 N–H and O–H groups in total. The summed E-state index contributed by atoms with van der Waals surface area (Å²) in [4.78, 5) is 29.1. The number of nitrogens with one attached hydrogen (secondary N) is 1. The van der Waals surface area contributed by atoms with Gasteiger partial charge >= 0.3 is 12.2 Å². The number of hydrogen-bond acceptors (Lipinski definition) is 7. The van der Waals surface area contributed by atoms with Crippen LogP contribution < -0.4 is 15.8 Å². The highest BCUT2D eigenvalue weighted by Crippen LogP contribution is 2.34. The van der Waals surface area contributed by atoms with E-state index >= 15 is 0 Å². The number of benzene rings is 2. The van der Waals surface area contributed by atoms with Gasteiger partial charge in [0.05, 0.1) is 24.4 Å². The second-order valence-corrected chi connectivity index (χ2v) is 8.14. The second kappa shape index (κ2) is 10.7. The van der Waals surface area contributed by atoms with E-state index < -0.39 is 23.7 Å². The monoisotopic (exact) mass is 508 g/mol. The van der Waals surface area contributed by atoms with Crippen molar-refractivity contribution in [3.05, 3.63) is 89.6 Å². The summed E-state index contributed by atoms with van der Waals surface area (Å²) >= 11 is 0. The predicted molar refractivity (Wildman–Crippen MR) is 130 cm³/mol. The Morgan fingerprint density at radius 3 is 2.32 bits per heavy atom. The minimum atomic E-state index is -4.46. The molecule has 0 spiro atoms. The number of halogens is 3. The molecule has 0 unspecified atom stereocenters. The smallest absolute Gasteiger partial charge is 0.416 e. The summed E-state index contributed by atoms with van der Waals surface area (Å²) in [5, 5.41) is 2.87. The second-order valence-electron chi connectivity index (χ2n) is 8.14. The van der Waals surface area contributed by atoms with Crippen LogP contribution in [0.15, 0.2) is 67.3 Å². The van der Waals surface area contributed by atoms with Crippen molar-refractivity contribution in [1.82, 2.24) is 25.3 Å². The van der Waals surface area contributed by atoms with Crippen molar-refractivity contribution in [3.63, 3.8) is 0 Å². The van der Waals surface area contributed by atoms with Crippen molar-refractivity contribution in [2.75, 3.05) is 7.11 Å². The average Bonchev–Trinajstić information content (AvgIpc) is 2.92. The largest absolute Gasteiger partial charge is 0.467 e. The van der Waals surface area contributed by atoms with Crippen LogP contribution in [0.25, 0.3) is 22.4 Å². The molecule has 0 aliphatic heterocycles. The summed E-state index contributed by atoms with van der Waals surface area (Å²) in [7, 11) is 1.46. The first kappa shape index (κ1) is 25.7. The average molecular weight is 509 g/mol. The van der Waals surface area contributed by atoms with E-state index in [0.29, 0.717) is 27.9 Å². The molecule has 0 aliphatic rings. The zero-order chi connectivity index (χ0) is 26.6. The van der Waals surface area contributed by atoms with Gasteiger partial charge in [0.25, 0.3) is 5.91 Å². The van der Waals surface area contributed by atoms with Crippen molar-refractivity contribution in [2.45, 2.75) is 25.7 Å². The summed E-state index contributed by atoms with van der Waals surface area (Å²) < 4.78 is 44.6. The molecule has 0 bridgehead atoms. The van der Waals surface area contributed by atoms with Gasteiger partial charge in [0.1, 0.15) is 12.0 Å². The number of hydrogen-bond donors (Lipinski definition) is 2. The maximum atomic E-state index is 13.2. The third-order valence-corrected chi connectivity index (χ3v) is 5.73. The first-order valence-corrected chi connectivity index (χ1v) is 11.2. The van der Waals surface area contributed by atoms with Gasteiger partial charge in [-0.25, -0.2) is 19.9 Å². The topological polar surface area (TPSA) is 116 Å². The van der Waals surface area contributed by atoms with Gasteiger partial charge in [-0.3, -0.25) is 4.79 Å². The van der Waals surface area contributed by atoms with E-state index in [2.05, 4.69) is 25.3 Å². The van der Waals surface area contributed by atoms with Crippen LogP contribution in [0, 0.1) is 0 Å². The number of carbonyl (C=O) groups is 1. The maximum absolute atomic E-state index is 13.2. The van der Waals surface area contributed by atoms with Gasteiger partial charge in [-0.2, -0.15) is 13.2 Å².